The standard InChI is InChI=1S/C9H8N2S.C9H10N2S.C9H8N2.C7H5N.2CH3I.CH4.I2.3HI.H2S.V/c10-9-6-8(11-12-9)7-4-2-1-3-5-7;10-8(6-9(11)12)7-4-2-1-3-5-7;10-7-6-9(11)8-4-2-1-3-5-8;8-6-7-4-2-1-3-5-7;2*1-2;;1-2;;;;;/h1-6H,10H2;1-6H,10H2,(H2,11,12);1-6H,11H2;1-5H;2*1H3;1H4;;3*1H;1H2;/q;;;;;;;;;;;;+3/p-3/b;8-6-;9-6-;;;;;;;;;;. The van der Waals surface area contributed by atoms with Crippen molar-refractivity contribution in [3.8, 4) is 23.4 Å². The number of hydrogen-bond donors (Lipinski definition) is 4. The van der Waals surface area contributed by atoms with E-state index in [1.54, 1.807) is 18.2 Å². The van der Waals surface area contributed by atoms with Crippen LogP contribution in [-0.4, -0.2) is 19.2 Å². The molecular formula is C37H43I7N7S3V. The van der Waals surface area contributed by atoms with Gasteiger partial charge >= 0.3 is 64.9 Å². The number of nitrogens with two attached hydrogens (primary N) is 4. The summed E-state index contributed by atoms with van der Waals surface area (Å²) in [4.78, 5) is 3.96. The van der Waals surface area contributed by atoms with E-state index in [9.17, 15) is 0 Å². The van der Waals surface area contributed by atoms with Crippen LogP contribution in [0.3, 0.4) is 0 Å². The Kier molecular flexibility index (Phi) is 55.1. The van der Waals surface area contributed by atoms with E-state index in [1.807, 2.05) is 137 Å². The van der Waals surface area contributed by atoms with Crippen molar-refractivity contribution in [2.45, 2.75) is 7.43 Å². The van der Waals surface area contributed by atoms with Gasteiger partial charge in [-0.2, -0.15) is 28.4 Å². The molecule has 0 amide bonds. The number of nitriles is 2. The predicted molar refractivity (Wildman–Crippen MR) is 310 cm³/mol. The summed E-state index contributed by atoms with van der Waals surface area (Å²) in [6, 6.07) is 43.9. The Bertz CT molecular complexity index is 1760. The SMILES string of the molecule is C.CI.CI.II.N#C/C=C(\N)c1ccccc1.N#Cc1ccccc1.NC(=S)/C=C(\N)c1ccccc1.Nc1cc(-c2ccccc2)ns1.S.[I][V]([I])[I]. The number of thiocarbonyl (C=S) groups is 1. The van der Waals surface area contributed by atoms with E-state index in [2.05, 4.69) is 147 Å². The third kappa shape index (κ3) is 38.3. The third-order valence-corrected chi connectivity index (χ3v) is 5.97. The summed E-state index contributed by atoms with van der Waals surface area (Å²) in [6.45, 7) is 0. The molecule has 55 heavy (non-hydrogen) atoms. The van der Waals surface area contributed by atoms with Crippen molar-refractivity contribution in [2.75, 3.05) is 15.6 Å². The topological polar surface area (TPSA) is 165 Å². The number of hydrogen-bond acceptors (Lipinski definition) is 8. The van der Waals surface area contributed by atoms with Crippen molar-refractivity contribution in [2.24, 2.45) is 17.2 Å². The van der Waals surface area contributed by atoms with E-state index in [4.69, 9.17) is 45.7 Å². The predicted octanol–water partition coefficient (Wildman–Crippen LogP) is 14.0. The second-order valence-electron chi connectivity index (χ2n) is 8.61. The number of allylic oxidation sites excluding steroid dienone is 1. The number of anilines is 1. The zero-order valence-electron chi connectivity index (χ0n) is 28.8. The molecule has 5 aromatic rings. The number of rotatable bonds is 4. The first kappa shape index (κ1) is 64.4. The van der Waals surface area contributed by atoms with Crippen LogP contribution in [0.4, 0.5) is 5.00 Å². The van der Waals surface area contributed by atoms with E-state index in [0.29, 0.717) is 21.9 Å². The van der Waals surface area contributed by atoms with Crippen molar-refractivity contribution in [1.29, 1.82) is 10.5 Å². The van der Waals surface area contributed by atoms with Crippen LogP contribution in [0.2, 0.25) is 0 Å². The van der Waals surface area contributed by atoms with Gasteiger partial charge in [-0.25, -0.2) is 0 Å². The Morgan fingerprint density at radius 1 is 0.709 bits per heavy atom. The molecule has 0 aliphatic heterocycles. The molecule has 0 spiro atoms. The van der Waals surface area contributed by atoms with Gasteiger partial charge in [0.1, 0.15) is 5.00 Å². The number of halogens is 7. The second kappa shape index (κ2) is 47.0. The molecule has 0 saturated carbocycles. The van der Waals surface area contributed by atoms with E-state index < -0.39 is 0 Å². The van der Waals surface area contributed by atoms with Crippen LogP contribution in [0, 0.1) is 22.7 Å². The van der Waals surface area contributed by atoms with Gasteiger partial charge in [-0.15, -0.1) is 0 Å². The van der Waals surface area contributed by atoms with E-state index in [1.165, 1.54) is 17.6 Å². The van der Waals surface area contributed by atoms with E-state index in [-0.39, 0.29) is 25.8 Å². The summed E-state index contributed by atoms with van der Waals surface area (Å²) in [5.41, 5.74) is 27.8. The Morgan fingerprint density at radius 2 is 1.07 bits per heavy atom. The minimum absolute atomic E-state index is 0. The number of nitrogens with zero attached hydrogens (tertiary/aromatic N) is 3. The van der Waals surface area contributed by atoms with Gasteiger partial charge in [0.05, 0.1) is 28.4 Å². The molecule has 18 heteroatoms. The summed E-state index contributed by atoms with van der Waals surface area (Å²) >= 11 is 21.9. The molecule has 1 aromatic heterocycles. The third-order valence-electron chi connectivity index (χ3n) is 5.23. The number of alkyl halides is 2. The van der Waals surface area contributed by atoms with Crippen molar-refractivity contribution in [1.82, 2.24) is 4.37 Å². The first-order chi connectivity index (χ1) is 25.6. The molecule has 0 aliphatic carbocycles. The van der Waals surface area contributed by atoms with Crippen molar-refractivity contribution >= 4 is 201 Å². The second-order valence-corrected chi connectivity index (χ2v) is 45.3. The van der Waals surface area contributed by atoms with Crippen molar-refractivity contribution < 1.29 is 4.92 Å². The molecule has 8 N–H and O–H groups in total. The number of nitrogen functional groups attached to an aromatic ring is 1. The number of benzene rings is 4. The Morgan fingerprint density at radius 3 is 1.38 bits per heavy atom. The Labute approximate surface area is 433 Å². The summed E-state index contributed by atoms with van der Waals surface area (Å²) in [7, 11) is 0. The van der Waals surface area contributed by atoms with Crippen LogP contribution in [0.5, 0.6) is 0 Å². The van der Waals surface area contributed by atoms with Crippen LogP contribution in [0.1, 0.15) is 24.1 Å². The van der Waals surface area contributed by atoms with E-state index >= 15 is 0 Å². The van der Waals surface area contributed by atoms with Crippen LogP contribution in [-0.2, 0) is 4.92 Å². The molecule has 0 aliphatic rings. The summed E-state index contributed by atoms with van der Waals surface area (Å²) in [6.07, 6.45) is 2.90. The van der Waals surface area contributed by atoms with Gasteiger partial charge < -0.3 is 22.9 Å². The maximum atomic E-state index is 8.29. The van der Waals surface area contributed by atoms with Gasteiger partial charge in [0.2, 0.25) is 0 Å². The zero-order chi connectivity index (χ0) is 40.9. The molecule has 0 atom stereocenters. The Balaban J connectivity index is -0.000000186. The fourth-order valence-electron chi connectivity index (χ4n) is 3.20. The van der Waals surface area contributed by atoms with Crippen LogP contribution in [0.25, 0.3) is 22.7 Å². The van der Waals surface area contributed by atoms with E-state index in [0.717, 1.165) is 27.4 Å². The normalized spacial score (nSPS) is 8.87. The molecule has 0 saturated heterocycles. The molecule has 0 radical (unpaired) electrons. The molecular weight excluding hydrogens is 1580 g/mol. The van der Waals surface area contributed by atoms with Crippen LogP contribution in [0.15, 0.2) is 140 Å². The summed E-state index contributed by atoms with van der Waals surface area (Å²) in [5, 5.41) is 17.3. The van der Waals surface area contributed by atoms with Crippen LogP contribution < -0.4 is 22.9 Å². The van der Waals surface area contributed by atoms with Gasteiger partial charge in [0, 0.05) is 66.3 Å². The average Bonchev–Trinajstić information content (AvgIpc) is 3.65. The Hall–Kier alpha value is 0.304. The monoisotopic (exact) mass is 1620 g/mol. The molecule has 0 fully saturated rings. The van der Waals surface area contributed by atoms with Gasteiger partial charge in [0.15, 0.2) is 0 Å². The van der Waals surface area contributed by atoms with Crippen molar-refractivity contribution in [3.63, 3.8) is 0 Å². The van der Waals surface area contributed by atoms with Gasteiger partial charge in [0.25, 0.3) is 0 Å². The fourth-order valence-corrected chi connectivity index (χ4v) is 3.85. The van der Waals surface area contributed by atoms with Gasteiger partial charge in [-0.05, 0) is 50.7 Å². The summed E-state index contributed by atoms with van der Waals surface area (Å²) < 4.78 is 4.20. The molecule has 0 unspecified atom stereocenters. The first-order valence-corrected chi connectivity index (χ1v) is 39.5. The van der Waals surface area contributed by atoms with Crippen molar-refractivity contribution in [3.05, 3.63) is 156 Å². The van der Waals surface area contributed by atoms with Gasteiger partial charge in [-0.3, -0.25) is 0 Å². The molecule has 4 aromatic carbocycles. The number of aromatic nitrogens is 1. The average molecular weight is 1620 g/mol. The quantitative estimate of drug-likeness (QED) is 0.0454. The minimum atomic E-state index is -0.278. The fraction of sp³-hybridized carbons (Fsp3) is 0.0811. The molecule has 5 rings (SSSR count). The summed E-state index contributed by atoms with van der Waals surface area (Å²) in [5.74, 6) is 0. The first-order valence-electron chi connectivity index (χ1n) is 14.2. The maximum absolute atomic E-state index is 8.29. The molecule has 1 heterocycles. The molecule has 0 bridgehead atoms. The molecule has 298 valence electrons. The zero-order valence-corrected chi connectivity index (χ0v) is 48.0. The van der Waals surface area contributed by atoms with Crippen LogP contribution >= 0.6 is 180 Å². The van der Waals surface area contributed by atoms with Gasteiger partial charge in [-0.1, -0.05) is 174 Å². The molecule has 7 nitrogen and oxygen atoms in total.